The minimum atomic E-state index is -0.685. The molecule has 2 rings (SSSR count). The third kappa shape index (κ3) is 0.982. The van der Waals surface area contributed by atoms with E-state index in [1.54, 1.807) is 0 Å². The third-order valence-electron chi connectivity index (χ3n) is 3.13. The topological polar surface area (TPSA) is 18.5 Å². The van der Waals surface area contributed by atoms with Gasteiger partial charge in [0.15, 0.2) is 0 Å². The average Bonchev–Trinajstić information content (AvgIpc) is 1.91. The van der Waals surface area contributed by atoms with E-state index in [1.165, 1.54) is 25.7 Å². The minimum absolute atomic E-state index is 0.234. The molecule has 1 aliphatic heterocycles. The van der Waals surface area contributed by atoms with Gasteiger partial charge in [-0.15, -0.1) is 0 Å². The third-order valence-corrected chi connectivity index (χ3v) is 5.84. The first-order valence-corrected chi connectivity index (χ1v) is 7.49. The summed E-state index contributed by atoms with van der Waals surface area (Å²) in [7, 11) is -0.685. The highest BCUT2D eigenvalue weighted by Gasteiger charge is 2.54. The molecule has 1 heterocycles. The van der Waals surface area contributed by atoms with Gasteiger partial charge in [-0.1, -0.05) is 25.9 Å². The predicted octanol–water partition coefficient (Wildman–Crippen LogP) is 1.66. The summed E-state index contributed by atoms with van der Waals surface area (Å²) in [6.07, 6.45) is 5.61. The maximum atomic E-state index is 5.35. The van der Waals surface area contributed by atoms with E-state index in [2.05, 4.69) is 13.1 Å². The zero-order valence-electron chi connectivity index (χ0n) is 7.30. The van der Waals surface area contributed by atoms with Crippen LogP contribution in [-0.4, -0.2) is 20.1 Å². The Kier molecular flexibility index (Phi) is 1.82. The van der Waals surface area contributed by atoms with E-state index in [4.69, 9.17) is 9.78 Å². The van der Waals surface area contributed by atoms with Gasteiger partial charge in [0, 0.05) is 0 Å². The van der Waals surface area contributed by atoms with Gasteiger partial charge in [-0.05, 0) is 12.8 Å². The molecular formula is C8H16O2Si. The molecule has 64 valence electrons. The Labute approximate surface area is 69.4 Å². The van der Waals surface area contributed by atoms with Crippen molar-refractivity contribution in [1.29, 1.82) is 0 Å². The number of hydrogen-bond acceptors (Lipinski definition) is 2. The van der Waals surface area contributed by atoms with E-state index >= 15 is 0 Å². The summed E-state index contributed by atoms with van der Waals surface area (Å²) in [6, 6.07) is 0. The van der Waals surface area contributed by atoms with Crippen LogP contribution in [0.2, 0.25) is 13.1 Å². The van der Waals surface area contributed by atoms with E-state index in [-0.39, 0.29) is 5.22 Å². The molecular weight excluding hydrogens is 156 g/mol. The van der Waals surface area contributed by atoms with Gasteiger partial charge in [-0.3, -0.25) is 0 Å². The Hall–Kier alpha value is 0.137. The van der Waals surface area contributed by atoms with Crippen molar-refractivity contribution in [2.45, 2.75) is 50.1 Å². The standard InChI is InChI=1S/C8H16O2Si/c1-11(2)8-6-4-3-5-7(8)9-10-8/h7,11H,3-6H2,1-2H3. The van der Waals surface area contributed by atoms with Gasteiger partial charge in [-0.2, -0.15) is 0 Å². The van der Waals surface area contributed by atoms with E-state index in [1.807, 2.05) is 0 Å². The van der Waals surface area contributed by atoms with Gasteiger partial charge in [0.05, 0.1) is 8.80 Å². The van der Waals surface area contributed by atoms with Crippen LogP contribution in [0.4, 0.5) is 0 Å². The van der Waals surface area contributed by atoms with E-state index in [0.717, 1.165) is 0 Å². The lowest BCUT2D eigenvalue weighted by Gasteiger charge is -2.52. The van der Waals surface area contributed by atoms with Crippen LogP contribution in [0.15, 0.2) is 0 Å². The van der Waals surface area contributed by atoms with Crippen LogP contribution in [0.25, 0.3) is 0 Å². The summed E-state index contributed by atoms with van der Waals surface area (Å²) in [5.74, 6) is 0. The van der Waals surface area contributed by atoms with Gasteiger partial charge in [0.1, 0.15) is 11.3 Å². The van der Waals surface area contributed by atoms with E-state index < -0.39 is 8.80 Å². The second-order valence-corrected chi connectivity index (χ2v) is 7.31. The monoisotopic (exact) mass is 172 g/mol. The molecule has 2 atom stereocenters. The molecule has 1 saturated carbocycles. The van der Waals surface area contributed by atoms with E-state index in [0.29, 0.717) is 6.10 Å². The van der Waals surface area contributed by atoms with E-state index in [9.17, 15) is 0 Å². The van der Waals surface area contributed by atoms with Crippen LogP contribution in [0.1, 0.15) is 25.7 Å². The van der Waals surface area contributed by atoms with Crippen molar-refractivity contribution in [3.05, 3.63) is 0 Å². The minimum Gasteiger partial charge on any atom is -0.231 e. The van der Waals surface area contributed by atoms with Crippen molar-refractivity contribution in [1.82, 2.24) is 0 Å². The summed E-state index contributed by atoms with van der Waals surface area (Å²) in [4.78, 5) is 10.5. The fraction of sp³-hybridized carbons (Fsp3) is 1.00. The summed E-state index contributed by atoms with van der Waals surface area (Å²) in [5, 5.41) is 0.234. The van der Waals surface area contributed by atoms with Crippen LogP contribution in [0.5, 0.6) is 0 Å². The average molecular weight is 172 g/mol. The molecule has 0 radical (unpaired) electrons. The molecule has 0 amide bonds. The summed E-state index contributed by atoms with van der Waals surface area (Å²) in [5.41, 5.74) is 0. The second kappa shape index (κ2) is 2.57. The maximum absolute atomic E-state index is 5.35. The molecule has 2 fully saturated rings. The van der Waals surface area contributed by atoms with Gasteiger partial charge in [0.25, 0.3) is 0 Å². The number of hydrogen-bond donors (Lipinski definition) is 0. The van der Waals surface area contributed by atoms with Crippen molar-refractivity contribution in [2.24, 2.45) is 0 Å². The van der Waals surface area contributed by atoms with Crippen molar-refractivity contribution in [2.75, 3.05) is 0 Å². The molecule has 1 aliphatic carbocycles. The maximum Gasteiger partial charge on any atom is 0.122 e. The lowest BCUT2D eigenvalue weighted by molar-refractivity contribution is -0.492. The first kappa shape index (κ1) is 7.77. The summed E-state index contributed by atoms with van der Waals surface area (Å²) < 4.78 is 0. The normalized spacial score (nSPS) is 43.4. The summed E-state index contributed by atoms with van der Waals surface area (Å²) in [6.45, 7) is 4.72. The Morgan fingerprint density at radius 2 is 2.18 bits per heavy atom. The molecule has 3 heteroatoms. The fourth-order valence-electron chi connectivity index (χ4n) is 2.22. The number of fused-ring (bicyclic) bond motifs is 1. The molecule has 1 saturated heterocycles. The fourth-order valence-corrected chi connectivity index (χ4v) is 4.22. The molecule has 2 aliphatic rings. The van der Waals surface area contributed by atoms with Crippen molar-refractivity contribution in [3.63, 3.8) is 0 Å². The first-order valence-electron chi connectivity index (χ1n) is 4.60. The largest absolute Gasteiger partial charge is 0.231 e. The van der Waals surface area contributed by atoms with Crippen LogP contribution >= 0.6 is 0 Å². The molecule has 2 nitrogen and oxygen atoms in total. The SMILES string of the molecule is C[SiH](C)C12CCCCC1OO2. The molecule has 0 aromatic carbocycles. The van der Waals surface area contributed by atoms with Crippen LogP contribution in [0.3, 0.4) is 0 Å². The van der Waals surface area contributed by atoms with Gasteiger partial charge < -0.3 is 0 Å². The molecule has 11 heavy (non-hydrogen) atoms. The molecule has 0 N–H and O–H groups in total. The highest BCUT2D eigenvalue weighted by Crippen LogP contribution is 2.43. The second-order valence-electron chi connectivity index (χ2n) is 4.02. The van der Waals surface area contributed by atoms with Crippen molar-refractivity contribution in [3.8, 4) is 0 Å². The zero-order chi connectivity index (χ0) is 7.90. The highest BCUT2D eigenvalue weighted by molar-refractivity contribution is 6.59. The zero-order valence-corrected chi connectivity index (χ0v) is 8.45. The van der Waals surface area contributed by atoms with Crippen molar-refractivity contribution >= 4 is 8.80 Å². The van der Waals surface area contributed by atoms with Crippen LogP contribution < -0.4 is 0 Å². The molecule has 0 aromatic heterocycles. The molecule has 0 aromatic rings. The molecule has 0 bridgehead atoms. The van der Waals surface area contributed by atoms with Gasteiger partial charge in [0.2, 0.25) is 0 Å². The lowest BCUT2D eigenvalue weighted by atomic mass is 9.93. The highest BCUT2D eigenvalue weighted by atomic mass is 28.3. The first-order chi connectivity index (χ1) is 5.26. The number of rotatable bonds is 1. The van der Waals surface area contributed by atoms with Crippen molar-refractivity contribution < 1.29 is 9.78 Å². The summed E-state index contributed by atoms with van der Waals surface area (Å²) >= 11 is 0. The molecule has 2 unspecified atom stereocenters. The van der Waals surface area contributed by atoms with Crippen LogP contribution in [0, 0.1) is 0 Å². The Balaban J connectivity index is 2.09. The van der Waals surface area contributed by atoms with Crippen LogP contribution in [-0.2, 0) is 9.78 Å². The quantitative estimate of drug-likeness (QED) is 0.442. The Morgan fingerprint density at radius 3 is 2.55 bits per heavy atom. The smallest absolute Gasteiger partial charge is 0.122 e. The molecule has 0 spiro atoms. The Bertz CT molecular complexity index is 160. The van der Waals surface area contributed by atoms with Gasteiger partial charge >= 0.3 is 0 Å². The predicted molar refractivity (Wildman–Crippen MR) is 46.0 cm³/mol. The van der Waals surface area contributed by atoms with Gasteiger partial charge in [-0.25, -0.2) is 9.78 Å². The Morgan fingerprint density at radius 1 is 1.36 bits per heavy atom. The lowest BCUT2D eigenvalue weighted by Crippen LogP contribution is -2.65.